The summed E-state index contributed by atoms with van der Waals surface area (Å²) < 4.78 is 5.24. The Morgan fingerprint density at radius 1 is 1.11 bits per heavy atom. The number of ether oxygens (including phenoxy) is 1. The summed E-state index contributed by atoms with van der Waals surface area (Å²) >= 11 is 5.96. The van der Waals surface area contributed by atoms with Crippen molar-refractivity contribution in [3.05, 3.63) is 65.2 Å². The predicted molar refractivity (Wildman–Crippen MR) is 110 cm³/mol. The molecule has 1 amide bonds. The lowest BCUT2D eigenvalue weighted by atomic mass is 10.0. The molecule has 1 aromatic heterocycles. The van der Waals surface area contributed by atoms with E-state index in [2.05, 4.69) is 10.3 Å². The van der Waals surface area contributed by atoms with Crippen molar-refractivity contribution in [3.63, 3.8) is 0 Å². The Morgan fingerprint density at radius 3 is 2.54 bits per heavy atom. The van der Waals surface area contributed by atoms with Gasteiger partial charge in [0.25, 0.3) is 5.91 Å². The molecule has 0 saturated heterocycles. The van der Waals surface area contributed by atoms with E-state index < -0.39 is 5.97 Å². The van der Waals surface area contributed by atoms with Gasteiger partial charge < -0.3 is 10.1 Å². The van der Waals surface area contributed by atoms with Gasteiger partial charge in [0.1, 0.15) is 0 Å². The molecule has 0 saturated carbocycles. The summed E-state index contributed by atoms with van der Waals surface area (Å²) in [5.41, 5.74) is 2.50. The van der Waals surface area contributed by atoms with Crippen LogP contribution in [0.2, 0.25) is 5.02 Å². The van der Waals surface area contributed by atoms with Crippen molar-refractivity contribution >= 4 is 34.4 Å². The highest BCUT2D eigenvalue weighted by molar-refractivity contribution is 6.30. The van der Waals surface area contributed by atoms with Gasteiger partial charge in [-0.25, -0.2) is 9.78 Å². The maximum atomic E-state index is 12.7. The minimum absolute atomic E-state index is 0.321. The minimum atomic E-state index is -0.562. The van der Waals surface area contributed by atoms with Crippen LogP contribution in [-0.4, -0.2) is 30.0 Å². The molecular formula is C22H21ClN2O3. The number of aromatic nitrogens is 1. The Bertz CT molecular complexity index is 1000. The topological polar surface area (TPSA) is 68.3 Å². The third-order valence-corrected chi connectivity index (χ3v) is 4.37. The van der Waals surface area contributed by atoms with Crippen LogP contribution in [-0.2, 0) is 9.53 Å². The van der Waals surface area contributed by atoms with Crippen molar-refractivity contribution < 1.29 is 14.3 Å². The van der Waals surface area contributed by atoms with Gasteiger partial charge in [-0.3, -0.25) is 4.79 Å². The number of benzene rings is 2. The highest BCUT2D eigenvalue weighted by Crippen LogP contribution is 2.26. The van der Waals surface area contributed by atoms with E-state index >= 15 is 0 Å². The Hall–Kier alpha value is -2.92. The number of pyridine rings is 1. The van der Waals surface area contributed by atoms with Crippen LogP contribution in [0.3, 0.4) is 0 Å². The molecule has 0 bridgehead atoms. The van der Waals surface area contributed by atoms with Gasteiger partial charge in [0, 0.05) is 22.5 Å². The first-order chi connectivity index (χ1) is 13.4. The van der Waals surface area contributed by atoms with E-state index in [-0.39, 0.29) is 12.5 Å². The second-order valence-corrected chi connectivity index (χ2v) is 7.29. The van der Waals surface area contributed by atoms with Crippen LogP contribution in [0.25, 0.3) is 22.2 Å². The first kappa shape index (κ1) is 19.8. The van der Waals surface area contributed by atoms with E-state index in [0.717, 1.165) is 5.56 Å². The number of hydrogen-bond donors (Lipinski definition) is 1. The van der Waals surface area contributed by atoms with Gasteiger partial charge >= 0.3 is 5.97 Å². The smallest absolute Gasteiger partial charge is 0.339 e. The molecule has 28 heavy (non-hydrogen) atoms. The van der Waals surface area contributed by atoms with Crippen LogP contribution in [0.15, 0.2) is 54.6 Å². The van der Waals surface area contributed by atoms with Gasteiger partial charge in [-0.05, 0) is 30.2 Å². The zero-order chi connectivity index (χ0) is 20.1. The maximum Gasteiger partial charge on any atom is 0.339 e. The van der Waals surface area contributed by atoms with Crippen molar-refractivity contribution in [3.8, 4) is 11.3 Å². The second kappa shape index (κ2) is 8.85. The van der Waals surface area contributed by atoms with Gasteiger partial charge in [0.15, 0.2) is 6.61 Å². The first-order valence-electron chi connectivity index (χ1n) is 9.03. The molecule has 0 aliphatic heterocycles. The number of nitrogens with one attached hydrogen (secondary N) is 1. The van der Waals surface area contributed by atoms with Crippen molar-refractivity contribution in [1.82, 2.24) is 10.3 Å². The fraction of sp³-hybridized carbons (Fsp3) is 0.227. The Balaban J connectivity index is 1.87. The van der Waals surface area contributed by atoms with Gasteiger partial charge in [0.2, 0.25) is 0 Å². The van der Waals surface area contributed by atoms with Gasteiger partial charge in [-0.15, -0.1) is 0 Å². The van der Waals surface area contributed by atoms with Crippen LogP contribution in [0.4, 0.5) is 0 Å². The molecule has 0 fully saturated rings. The number of nitrogens with zero attached hydrogens (tertiary/aromatic N) is 1. The van der Waals surface area contributed by atoms with E-state index in [1.54, 1.807) is 18.2 Å². The second-order valence-electron chi connectivity index (χ2n) is 6.85. The zero-order valence-electron chi connectivity index (χ0n) is 15.7. The van der Waals surface area contributed by atoms with Gasteiger partial charge in [-0.1, -0.05) is 55.8 Å². The van der Waals surface area contributed by atoms with Crippen LogP contribution in [0.5, 0.6) is 0 Å². The minimum Gasteiger partial charge on any atom is -0.452 e. The number of para-hydroxylation sites is 1. The number of amides is 1. The Kier molecular flexibility index (Phi) is 6.26. The molecular weight excluding hydrogens is 376 g/mol. The van der Waals surface area contributed by atoms with E-state index in [9.17, 15) is 9.59 Å². The summed E-state index contributed by atoms with van der Waals surface area (Å²) in [6.07, 6.45) is 0. The van der Waals surface area contributed by atoms with Crippen LogP contribution in [0, 0.1) is 5.92 Å². The summed E-state index contributed by atoms with van der Waals surface area (Å²) in [5, 5.41) is 4.02. The monoisotopic (exact) mass is 396 g/mol. The van der Waals surface area contributed by atoms with Crippen molar-refractivity contribution in [1.29, 1.82) is 0 Å². The molecule has 3 aromatic rings. The van der Waals surface area contributed by atoms with E-state index in [4.69, 9.17) is 16.3 Å². The molecule has 0 aliphatic carbocycles. The number of carbonyl (C=O) groups excluding carboxylic acids is 2. The summed E-state index contributed by atoms with van der Waals surface area (Å²) in [6.45, 7) is 4.20. The van der Waals surface area contributed by atoms with E-state index in [0.29, 0.717) is 39.6 Å². The molecule has 6 heteroatoms. The van der Waals surface area contributed by atoms with E-state index in [1.165, 1.54) is 0 Å². The average Bonchev–Trinajstić information content (AvgIpc) is 2.70. The summed E-state index contributed by atoms with van der Waals surface area (Å²) in [4.78, 5) is 29.2. The number of esters is 1. The summed E-state index contributed by atoms with van der Waals surface area (Å²) in [5.74, 6) is -0.558. The zero-order valence-corrected chi connectivity index (χ0v) is 16.5. The third kappa shape index (κ3) is 4.87. The standard InChI is InChI=1S/C22H21ClN2O3/c1-14(2)12-24-21(26)13-28-22(27)18-11-20(15-7-9-16(23)10-8-15)25-19-6-4-3-5-17(18)19/h3-11,14H,12-13H2,1-2H3,(H,24,26). The van der Waals surface area contributed by atoms with Gasteiger partial charge in [0.05, 0.1) is 16.8 Å². The highest BCUT2D eigenvalue weighted by Gasteiger charge is 2.16. The fourth-order valence-electron chi connectivity index (χ4n) is 2.69. The molecule has 1 heterocycles. The Labute approximate surface area is 168 Å². The molecule has 0 atom stereocenters. The quantitative estimate of drug-likeness (QED) is 0.623. The number of rotatable bonds is 6. The average molecular weight is 397 g/mol. The molecule has 2 aromatic carbocycles. The molecule has 1 N–H and O–H groups in total. The predicted octanol–water partition coefficient (Wildman–Crippen LogP) is 4.48. The molecule has 3 rings (SSSR count). The normalized spacial score (nSPS) is 10.9. The third-order valence-electron chi connectivity index (χ3n) is 4.12. The molecule has 0 radical (unpaired) electrons. The van der Waals surface area contributed by atoms with Crippen molar-refractivity contribution in [2.24, 2.45) is 5.92 Å². The Morgan fingerprint density at radius 2 is 1.82 bits per heavy atom. The largest absolute Gasteiger partial charge is 0.452 e. The van der Waals surface area contributed by atoms with Crippen LogP contribution >= 0.6 is 11.6 Å². The molecule has 0 unspecified atom stereocenters. The fourth-order valence-corrected chi connectivity index (χ4v) is 2.82. The lowest BCUT2D eigenvalue weighted by Gasteiger charge is -2.11. The first-order valence-corrected chi connectivity index (χ1v) is 9.41. The lowest BCUT2D eigenvalue weighted by Crippen LogP contribution is -2.31. The molecule has 144 valence electrons. The SMILES string of the molecule is CC(C)CNC(=O)COC(=O)c1cc(-c2ccc(Cl)cc2)nc2ccccc12. The van der Waals surface area contributed by atoms with Gasteiger partial charge in [-0.2, -0.15) is 0 Å². The summed E-state index contributed by atoms with van der Waals surface area (Å²) in [6, 6.07) is 16.2. The van der Waals surface area contributed by atoms with Crippen LogP contribution < -0.4 is 5.32 Å². The molecule has 0 aliphatic rings. The molecule has 5 nitrogen and oxygen atoms in total. The van der Waals surface area contributed by atoms with Crippen LogP contribution in [0.1, 0.15) is 24.2 Å². The number of fused-ring (bicyclic) bond motifs is 1. The van der Waals surface area contributed by atoms with E-state index in [1.807, 2.05) is 50.2 Å². The molecule has 0 spiro atoms. The number of hydrogen-bond acceptors (Lipinski definition) is 4. The van der Waals surface area contributed by atoms with Crippen molar-refractivity contribution in [2.45, 2.75) is 13.8 Å². The number of halogens is 1. The lowest BCUT2D eigenvalue weighted by molar-refractivity contribution is -0.124. The summed E-state index contributed by atoms with van der Waals surface area (Å²) in [7, 11) is 0. The van der Waals surface area contributed by atoms with Crippen molar-refractivity contribution in [2.75, 3.05) is 13.2 Å². The maximum absolute atomic E-state index is 12.7. The number of carbonyl (C=O) groups is 2. The highest BCUT2D eigenvalue weighted by atomic mass is 35.5.